The Labute approximate surface area is 140 Å². The van der Waals surface area contributed by atoms with E-state index in [1.165, 1.54) is 11.3 Å². The highest BCUT2D eigenvalue weighted by atomic mass is 35.5. The van der Waals surface area contributed by atoms with E-state index in [-0.39, 0.29) is 5.91 Å². The molecule has 4 rings (SSSR count). The van der Waals surface area contributed by atoms with Crippen LogP contribution in [0.5, 0.6) is 0 Å². The van der Waals surface area contributed by atoms with E-state index >= 15 is 0 Å². The van der Waals surface area contributed by atoms with Crippen LogP contribution in [-0.2, 0) is 0 Å². The summed E-state index contributed by atoms with van der Waals surface area (Å²) in [5, 5.41) is 4.74. The van der Waals surface area contributed by atoms with Gasteiger partial charge in [0.25, 0.3) is 5.91 Å². The van der Waals surface area contributed by atoms with Gasteiger partial charge in [-0.15, -0.1) is 0 Å². The van der Waals surface area contributed by atoms with Gasteiger partial charge in [-0.3, -0.25) is 10.1 Å². The van der Waals surface area contributed by atoms with Crippen LogP contribution in [0.3, 0.4) is 0 Å². The quantitative estimate of drug-likeness (QED) is 0.536. The molecule has 4 aromatic rings. The summed E-state index contributed by atoms with van der Waals surface area (Å²) in [6, 6.07) is 16.6. The first-order valence-corrected chi connectivity index (χ1v) is 8.12. The predicted molar refractivity (Wildman–Crippen MR) is 94.3 cm³/mol. The topological polar surface area (TPSA) is 54.9 Å². The van der Waals surface area contributed by atoms with Gasteiger partial charge in [-0.25, -0.2) is 9.97 Å². The molecule has 23 heavy (non-hydrogen) atoms. The number of carbonyl (C=O) groups excluding carboxylic acids is 1. The molecule has 0 radical (unpaired) electrons. The lowest BCUT2D eigenvalue weighted by atomic mass is 10.1. The first-order valence-electron chi connectivity index (χ1n) is 6.92. The molecule has 0 unspecified atom stereocenters. The molecule has 6 heteroatoms. The van der Waals surface area contributed by atoms with Crippen LogP contribution in [0.4, 0.5) is 5.13 Å². The molecule has 0 spiro atoms. The monoisotopic (exact) mass is 339 g/mol. The molecule has 0 saturated carbocycles. The highest BCUT2D eigenvalue weighted by Crippen LogP contribution is 2.26. The number of thiazole rings is 1. The molecule has 0 fully saturated rings. The number of fused-ring (bicyclic) bond motifs is 2. The maximum atomic E-state index is 12.4. The number of carbonyl (C=O) groups is 1. The smallest absolute Gasteiger partial charge is 0.257 e. The summed E-state index contributed by atoms with van der Waals surface area (Å²) in [6.45, 7) is 0. The number of pyridine rings is 1. The van der Waals surface area contributed by atoms with E-state index in [1.807, 2.05) is 30.3 Å². The van der Waals surface area contributed by atoms with E-state index in [0.29, 0.717) is 15.8 Å². The number of nitrogens with zero attached hydrogens (tertiary/aromatic N) is 2. The third-order valence-corrected chi connectivity index (χ3v) is 4.59. The van der Waals surface area contributed by atoms with Crippen molar-refractivity contribution in [2.24, 2.45) is 0 Å². The van der Waals surface area contributed by atoms with Crippen LogP contribution in [0, 0.1) is 0 Å². The van der Waals surface area contributed by atoms with Crippen molar-refractivity contribution in [2.45, 2.75) is 0 Å². The van der Waals surface area contributed by atoms with Crippen molar-refractivity contribution in [2.75, 3.05) is 5.32 Å². The van der Waals surface area contributed by atoms with Crippen LogP contribution >= 0.6 is 22.9 Å². The lowest BCUT2D eigenvalue weighted by Crippen LogP contribution is -2.11. The molecule has 0 aliphatic heterocycles. The summed E-state index contributed by atoms with van der Waals surface area (Å²) < 4.78 is 1.04. The Kier molecular flexibility index (Phi) is 3.44. The van der Waals surface area contributed by atoms with Crippen molar-refractivity contribution >= 4 is 55.1 Å². The van der Waals surface area contributed by atoms with Crippen molar-refractivity contribution in [3.63, 3.8) is 0 Å². The number of amides is 1. The number of aromatic nitrogens is 2. The minimum Gasteiger partial charge on any atom is -0.298 e. The summed E-state index contributed by atoms with van der Waals surface area (Å²) in [7, 11) is 0. The highest BCUT2D eigenvalue weighted by Gasteiger charge is 2.10. The number of benzene rings is 2. The van der Waals surface area contributed by atoms with Gasteiger partial charge in [-0.05, 0) is 42.5 Å². The first-order chi connectivity index (χ1) is 11.2. The van der Waals surface area contributed by atoms with Gasteiger partial charge in [0.1, 0.15) is 5.15 Å². The molecule has 0 aliphatic rings. The number of nitrogens with one attached hydrogen (secondary N) is 1. The number of halogens is 1. The fraction of sp³-hybridized carbons (Fsp3) is 0. The number of anilines is 1. The second kappa shape index (κ2) is 5.61. The molecular formula is C17H10ClN3OS. The standard InChI is InChI=1S/C17H10ClN3OS/c18-15-8-6-10-9-11(5-7-12(10)19-15)16(22)21-17-20-13-3-1-2-4-14(13)23-17/h1-9H,(H,20,21,22). The second-order valence-electron chi connectivity index (χ2n) is 4.98. The van der Waals surface area contributed by atoms with Crippen LogP contribution in [-0.4, -0.2) is 15.9 Å². The average Bonchev–Trinajstić information content (AvgIpc) is 2.96. The minimum atomic E-state index is -0.194. The first kappa shape index (κ1) is 14.1. The van der Waals surface area contributed by atoms with Crippen LogP contribution < -0.4 is 5.32 Å². The fourth-order valence-electron chi connectivity index (χ4n) is 2.34. The summed E-state index contributed by atoms with van der Waals surface area (Å²) >= 11 is 7.32. The minimum absolute atomic E-state index is 0.194. The van der Waals surface area contributed by atoms with Crippen molar-refractivity contribution in [1.82, 2.24) is 9.97 Å². The summed E-state index contributed by atoms with van der Waals surface area (Å²) in [6.07, 6.45) is 0. The normalized spacial score (nSPS) is 11.0. The SMILES string of the molecule is O=C(Nc1nc2ccccc2s1)c1ccc2nc(Cl)ccc2c1. The third-order valence-electron chi connectivity index (χ3n) is 3.43. The summed E-state index contributed by atoms with van der Waals surface area (Å²) in [5.74, 6) is -0.194. The molecule has 2 heterocycles. The van der Waals surface area contributed by atoms with Gasteiger partial charge in [0.2, 0.25) is 0 Å². The van der Waals surface area contributed by atoms with E-state index < -0.39 is 0 Å². The lowest BCUT2D eigenvalue weighted by Gasteiger charge is -2.03. The molecule has 1 N–H and O–H groups in total. The maximum Gasteiger partial charge on any atom is 0.257 e. The molecule has 0 atom stereocenters. The Morgan fingerprint density at radius 2 is 1.87 bits per heavy atom. The number of para-hydroxylation sites is 1. The van der Waals surface area contributed by atoms with Gasteiger partial charge >= 0.3 is 0 Å². The van der Waals surface area contributed by atoms with Gasteiger partial charge in [0.05, 0.1) is 15.7 Å². The van der Waals surface area contributed by atoms with Gasteiger partial charge < -0.3 is 0 Å². The predicted octanol–water partition coefficient (Wildman–Crippen LogP) is 4.75. The van der Waals surface area contributed by atoms with E-state index in [0.717, 1.165) is 21.1 Å². The Hall–Kier alpha value is -2.50. The van der Waals surface area contributed by atoms with Gasteiger partial charge in [0, 0.05) is 10.9 Å². The molecule has 0 saturated heterocycles. The molecule has 112 valence electrons. The van der Waals surface area contributed by atoms with Crippen molar-refractivity contribution < 1.29 is 4.79 Å². The average molecular weight is 340 g/mol. The number of rotatable bonds is 2. The van der Waals surface area contributed by atoms with Crippen LogP contribution in [0.25, 0.3) is 21.1 Å². The summed E-state index contributed by atoms with van der Waals surface area (Å²) in [4.78, 5) is 21.0. The molecule has 1 amide bonds. The Bertz CT molecular complexity index is 1010. The molecule has 2 aromatic heterocycles. The van der Waals surface area contributed by atoms with Crippen molar-refractivity contribution in [1.29, 1.82) is 0 Å². The zero-order valence-electron chi connectivity index (χ0n) is 11.8. The van der Waals surface area contributed by atoms with E-state index in [4.69, 9.17) is 11.6 Å². The Morgan fingerprint density at radius 3 is 2.74 bits per heavy atom. The maximum absolute atomic E-state index is 12.4. The number of hydrogen-bond acceptors (Lipinski definition) is 4. The molecule has 2 aromatic carbocycles. The van der Waals surface area contributed by atoms with Crippen molar-refractivity contribution in [3.05, 3.63) is 65.3 Å². The Balaban J connectivity index is 1.64. The van der Waals surface area contributed by atoms with Crippen molar-refractivity contribution in [3.8, 4) is 0 Å². The zero-order chi connectivity index (χ0) is 15.8. The van der Waals surface area contributed by atoms with E-state index in [2.05, 4.69) is 15.3 Å². The number of hydrogen-bond donors (Lipinski definition) is 1. The zero-order valence-corrected chi connectivity index (χ0v) is 13.4. The van der Waals surface area contributed by atoms with E-state index in [1.54, 1.807) is 24.3 Å². The lowest BCUT2D eigenvalue weighted by molar-refractivity contribution is 0.102. The molecule has 0 aliphatic carbocycles. The third kappa shape index (κ3) is 2.76. The fourth-order valence-corrected chi connectivity index (χ4v) is 3.35. The van der Waals surface area contributed by atoms with Gasteiger partial charge in [-0.1, -0.05) is 35.1 Å². The van der Waals surface area contributed by atoms with Gasteiger partial charge in [-0.2, -0.15) is 0 Å². The largest absolute Gasteiger partial charge is 0.298 e. The van der Waals surface area contributed by atoms with Crippen LogP contribution in [0.2, 0.25) is 5.15 Å². The summed E-state index contributed by atoms with van der Waals surface area (Å²) in [5.41, 5.74) is 2.19. The Morgan fingerprint density at radius 1 is 1.00 bits per heavy atom. The van der Waals surface area contributed by atoms with Gasteiger partial charge in [0.15, 0.2) is 5.13 Å². The highest BCUT2D eigenvalue weighted by molar-refractivity contribution is 7.22. The van der Waals surface area contributed by atoms with E-state index in [9.17, 15) is 4.79 Å². The molecular weight excluding hydrogens is 330 g/mol. The van der Waals surface area contributed by atoms with Crippen LogP contribution in [0.1, 0.15) is 10.4 Å². The molecule has 0 bridgehead atoms. The molecule has 4 nitrogen and oxygen atoms in total. The van der Waals surface area contributed by atoms with Crippen LogP contribution in [0.15, 0.2) is 54.6 Å². The second-order valence-corrected chi connectivity index (χ2v) is 6.40.